The van der Waals surface area contributed by atoms with Gasteiger partial charge in [-0.05, 0) is 31.7 Å². The molecule has 0 aliphatic heterocycles. The van der Waals surface area contributed by atoms with Crippen LogP contribution in [-0.4, -0.2) is 12.6 Å². The highest BCUT2D eigenvalue weighted by Gasteiger charge is 2.26. The van der Waals surface area contributed by atoms with Gasteiger partial charge in [0.1, 0.15) is 0 Å². The lowest BCUT2D eigenvalue weighted by Gasteiger charge is -2.34. The van der Waals surface area contributed by atoms with Crippen LogP contribution in [0.15, 0.2) is 12.2 Å². The molecule has 0 bridgehead atoms. The maximum atomic E-state index is 3.98. The van der Waals surface area contributed by atoms with E-state index in [1.165, 1.54) is 12.0 Å². The summed E-state index contributed by atoms with van der Waals surface area (Å²) in [6.45, 7) is 16.2. The Morgan fingerprint density at radius 3 is 2.23 bits per heavy atom. The highest BCUT2D eigenvalue weighted by Crippen LogP contribution is 2.28. The molecule has 0 amide bonds. The molecule has 0 aliphatic rings. The summed E-state index contributed by atoms with van der Waals surface area (Å²) in [5.74, 6) is 0. The van der Waals surface area contributed by atoms with E-state index in [0.717, 1.165) is 13.0 Å². The third-order valence-electron chi connectivity index (χ3n) is 2.86. The molecular formula is C12H25N. The zero-order valence-electron chi connectivity index (χ0n) is 9.91. The Kier molecular flexibility index (Phi) is 5.31. The number of hydrogen-bond acceptors (Lipinski definition) is 1. The van der Waals surface area contributed by atoms with Crippen molar-refractivity contribution in [3.8, 4) is 0 Å². The molecule has 0 spiro atoms. The minimum atomic E-state index is 0.370. The van der Waals surface area contributed by atoms with E-state index in [4.69, 9.17) is 0 Å². The van der Waals surface area contributed by atoms with Crippen LogP contribution in [0.1, 0.15) is 47.5 Å². The van der Waals surface area contributed by atoms with E-state index >= 15 is 0 Å². The fourth-order valence-electron chi connectivity index (χ4n) is 1.47. The van der Waals surface area contributed by atoms with Crippen molar-refractivity contribution >= 4 is 0 Å². The van der Waals surface area contributed by atoms with Gasteiger partial charge in [0.2, 0.25) is 0 Å². The Morgan fingerprint density at radius 1 is 1.38 bits per heavy atom. The minimum Gasteiger partial charge on any atom is -0.313 e. The standard InChI is InChI=1S/C12H25N/c1-7-12(5,6)11(13-8-2)9-10(3)4/h11,13H,3,7-9H2,1-2,4-6H3. The van der Waals surface area contributed by atoms with Gasteiger partial charge in [-0.15, -0.1) is 6.58 Å². The van der Waals surface area contributed by atoms with E-state index < -0.39 is 0 Å². The van der Waals surface area contributed by atoms with E-state index in [0.29, 0.717) is 11.5 Å². The lowest BCUT2D eigenvalue weighted by molar-refractivity contribution is 0.232. The first-order valence-electron chi connectivity index (χ1n) is 5.31. The van der Waals surface area contributed by atoms with Gasteiger partial charge in [0.25, 0.3) is 0 Å². The third kappa shape index (κ3) is 4.47. The van der Waals surface area contributed by atoms with E-state index in [9.17, 15) is 0 Å². The Morgan fingerprint density at radius 2 is 1.92 bits per heavy atom. The molecule has 0 heterocycles. The molecule has 0 aromatic carbocycles. The highest BCUT2D eigenvalue weighted by atomic mass is 14.9. The molecule has 1 N–H and O–H groups in total. The van der Waals surface area contributed by atoms with E-state index in [1.54, 1.807) is 0 Å². The summed E-state index contributed by atoms with van der Waals surface area (Å²) in [6.07, 6.45) is 2.30. The molecule has 0 fully saturated rings. The number of nitrogens with one attached hydrogen (secondary N) is 1. The molecule has 0 saturated heterocycles. The van der Waals surface area contributed by atoms with Crippen LogP contribution in [0, 0.1) is 5.41 Å². The molecule has 0 radical (unpaired) electrons. The van der Waals surface area contributed by atoms with Crippen molar-refractivity contribution in [1.82, 2.24) is 5.32 Å². The van der Waals surface area contributed by atoms with Gasteiger partial charge in [0, 0.05) is 6.04 Å². The van der Waals surface area contributed by atoms with Crippen molar-refractivity contribution in [1.29, 1.82) is 0 Å². The maximum absolute atomic E-state index is 3.98. The van der Waals surface area contributed by atoms with Gasteiger partial charge in [-0.1, -0.05) is 33.3 Å². The van der Waals surface area contributed by atoms with Crippen LogP contribution < -0.4 is 5.32 Å². The fraction of sp³-hybridized carbons (Fsp3) is 0.833. The summed E-state index contributed by atoms with van der Waals surface area (Å²) in [5.41, 5.74) is 1.64. The van der Waals surface area contributed by atoms with E-state index in [2.05, 4.69) is 46.5 Å². The smallest absolute Gasteiger partial charge is 0.0155 e. The molecule has 0 aromatic heterocycles. The number of hydrogen-bond donors (Lipinski definition) is 1. The minimum absolute atomic E-state index is 0.370. The SMILES string of the molecule is C=C(C)CC(NCC)C(C)(C)CC. The molecule has 0 saturated carbocycles. The molecule has 1 nitrogen and oxygen atoms in total. The first-order valence-corrected chi connectivity index (χ1v) is 5.31. The van der Waals surface area contributed by atoms with Crippen molar-refractivity contribution in [2.45, 2.75) is 53.5 Å². The molecule has 1 heteroatoms. The number of rotatable bonds is 6. The summed E-state index contributed by atoms with van der Waals surface area (Å²) in [7, 11) is 0. The van der Waals surface area contributed by atoms with Gasteiger partial charge in [-0.3, -0.25) is 0 Å². The maximum Gasteiger partial charge on any atom is 0.0155 e. The molecule has 1 atom stereocenters. The first kappa shape index (κ1) is 12.7. The van der Waals surface area contributed by atoms with E-state index in [-0.39, 0.29) is 0 Å². The predicted octanol–water partition coefficient (Wildman–Crippen LogP) is 3.37. The summed E-state index contributed by atoms with van der Waals surface area (Å²) in [6, 6.07) is 0.569. The van der Waals surface area contributed by atoms with Crippen LogP contribution in [-0.2, 0) is 0 Å². The van der Waals surface area contributed by atoms with Crippen molar-refractivity contribution in [3.63, 3.8) is 0 Å². The van der Waals surface area contributed by atoms with Gasteiger partial charge in [-0.2, -0.15) is 0 Å². The van der Waals surface area contributed by atoms with Crippen molar-refractivity contribution in [2.24, 2.45) is 5.41 Å². The van der Waals surface area contributed by atoms with Crippen molar-refractivity contribution in [2.75, 3.05) is 6.54 Å². The summed E-state index contributed by atoms with van der Waals surface area (Å²) < 4.78 is 0. The van der Waals surface area contributed by atoms with Crippen LogP contribution >= 0.6 is 0 Å². The van der Waals surface area contributed by atoms with Crippen LogP contribution in [0.4, 0.5) is 0 Å². The lowest BCUT2D eigenvalue weighted by atomic mass is 9.79. The second kappa shape index (κ2) is 5.43. The lowest BCUT2D eigenvalue weighted by Crippen LogP contribution is -2.41. The van der Waals surface area contributed by atoms with Crippen LogP contribution in [0.3, 0.4) is 0 Å². The van der Waals surface area contributed by atoms with Crippen molar-refractivity contribution < 1.29 is 0 Å². The molecular weight excluding hydrogens is 158 g/mol. The normalized spacial score (nSPS) is 14.2. The van der Waals surface area contributed by atoms with Gasteiger partial charge in [0.05, 0.1) is 0 Å². The Labute approximate surface area is 83.6 Å². The molecule has 13 heavy (non-hydrogen) atoms. The summed E-state index contributed by atoms with van der Waals surface area (Å²) in [5, 5.41) is 3.54. The second-order valence-electron chi connectivity index (χ2n) is 4.61. The molecule has 0 aliphatic carbocycles. The summed E-state index contributed by atoms with van der Waals surface area (Å²) in [4.78, 5) is 0. The topological polar surface area (TPSA) is 12.0 Å². The molecule has 0 rings (SSSR count). The van der Waals surface area contributed by atoms with E-state index in [1.807, 2.05) is 0 Å². The fourth-order valence-corrected chi connectivity index (χ4v) is 1.47. The van der Waals surface area contributed by atoms with Gasteiger partial charge in [-0.25, -0.2) is 0 Å². The van der Waals surface area contributed by atoms with Crippen LogP contribution in [0.2, 0.25) is 0 Å². The summed E-state index contributed by atoms with van der Waals surface area (Å²) >= 11 is 0. The predicted molar refractivity (Wildman–Crippen MR) is 61.0 cm³/mol. The highest BCUT2D eigenvalue weighted by molar-refractivity contribution is 4.97. The quantitative estimate of drug-likeness (QED) is 0.623. The zero-order valence-corrected chi connectivity index (χ0v) is 9.91. The van der Waals surface area contributed by atoms with Crippen molar-refractivity contribution in [3.05, 3.63) is 12.2 Å². The van der Waals surface area contributed by atoms with Crippen LogP contribution in [0.5, 0.6) is 0 Å². The average molecular weight is 183 g/mol. The van der Waals surface area contributed by atoms with Crippen LogP contribution in [0.25, 0.3) is 0 Å². The molecule has 1 unspecified atom stereocenters. The average Bonchev–Trinajstić information content (AvgIpc) is 2.03. The second-order valence-corrected chi connectivity index (χ2v) is 4.61. The Bertz CT molecular complexity index is 159. The zero-order chi connectivity index (χ0) is 10.5. The third-order valence-corrected chi connectivity index (χ3v) is 2.86. The largest absolute Gasteiger partial charge is 0.313 e. The molecule has 0 aromatic rings. The van der Waals surface area contributed by atoms with Gasteiger partial charge < -0.3 is 5.32 Å². The van der Waals surface area contributed by atoms with Gasteiger partial charge >= 0.3 is 0 Å². The Hall–Kier alpha value is -0.300. The Balaban J connectivity index is 4.30. The molecule has 78 valence electrons. The first-order chi connectivity index (χ1) is 5.94. The van der Waals surface area contributed by atoms with Gasteiger partial charge in [0.15, 0.2) is 0 Å². The monoisotopic (exact) mass is 183 g/mol.